The Morgan fingerprint density at radius 1 is 1.16 bits per heavy atom. The number of alkyl halides is 3. The summed E-state index contributed by atoms with van der Waals surface area (Å²) in [7, 11) is 0. The average molecular weight is 440 g/mol. The molecule has 0 atom stereocenters. The topological polar surface area (TPSA) is 71.3 Å². The lowest BCUT2D eigenvalue weighted by Gasteiger charge is -2.17. The molecule has 0 radical (unpaired) electrons. The van der Waals surface area contributed by atoms with E-state index in [2.05, 4.69) is 5.32 Å². The van der Waals surface area contributed by atoms with Gasteiger partial charge < -0.3 is 15.0 Å². The SMILES string of the molecule is CCCNc1c(F)cc2c(=O)c(C(=O)O)cn(Cc3ccc(C(F)(F)F)cc3)c2c1F. The van der Waals surface area contributed by atoms with Gasteiger partial charge in [-0.3, -0.25) is 4.79 Å². The van der Waals surface area contributed by atoms with E-state index in [4.69, 9.17) is 0 Å². The molecule has 2 N–H and O–H groups in total. The van der Waals surface area contributed by atoms with Crippen molar-refractivity contribution >= 4 is 22.6 Å². The van der Waals surface area contributed by atoms with Crippen LogP contribution >= 0.6 is 0 Å². The van der Waals surface area contributed by atoms with E-state index in [1.807, 2.05) is 0 Å². The number of hydrogen-bond donors (Lipinski definition) is 2. The van der Waals surface area contributed by atoms with Gasteiger partial charge in [-0.1, -0.05) is 19.1 Å². The first-order valence-corrected chi connectivity index (χ1v) is 9.23. The lowest BCUT2D eigenvalue weighted by molar-refractivity contribution is -0.137. The van der Waals surface area contributed by atoms with Crippen molar-refractivity contribution in [2.75, 3.05) is 11.9 Å². The highest BCUT2D eigenvalue weighted by Gasteiger charge is 2.30. The maximum Gasteiger partial charge on any atom is 0.416 e. The number of carboxylic acid groups (broad SMARTS) is 1. The standard InChI is InChI=1S/C21H17F5N2O3/c1-2-7-27-17-15(22)8-13-18(16(17)23)28(10-14(19(13)29)20(30)31)9-11-3-5-12(6-4-11)21(24,25)26/h3-6,8,10,27H,2,7,9H2,1H3,(H,30,31). The number of aromatic carboxylic acids is 1. The van der Waals surface area contributed by atoms with E-state index in [1.54, 1.807) is 6.92 Å². The molecule has 164 valence electrons. The van der Waals surface area contributed by atoms with Crippen molar-refractivity contribution in [2.45, 2.75) is 26.1 Å². The van der Waals surface area contributed by atoms with E-state index in [0.717, 1.165) is 41.1 Å². The largest absolute Gasteiger partial charge is 0.477 e. The van der Waals surface area contributed by atoms with Gasteiger partial charge in [-0.05, 0) is 30.2 Å². The number of benzene rings is 2. The number of anilines is 1. The van der Waals surface area contributed by atoms with Crippen LogP contribution in [0.5, 0.6) is 0 Å². The minimum absolute atomic E-state index is 0.245. The molecular weight excluding hydrogens is 423 g/mol. The summed E-state index contributed by atoms with van der Waals surface area (Å²) < 4.78 is 69.0. The van der Waals surface area contributed by atoms with E-state index in [1.165, 1.54) is 0 Å². The average Bonchev–Trinajstić information content (AvgIpc) is 2.69. The number of fused-ring (bicyclic) bond motifs is 1. The van der Waals surface area contributed by atoms with Crippen LogP contribution in [-0.4, -0.2) is 22.2 Å². The van der Waals surface area contributed by atoms with E-state index < -0.39 is 51.4 Å². The monoisotopic (exact) mass is 440 g/mol. The number of nitrogens with zero attached hydrogens (tertiary/aromatic N) is 1. The number of rotatable bonds is 6. The fraction of sp³-hybridized carbons (Fsp3) is 0.238. The van der Waals surface area contributed by atoms with Gasteiger partial charge in [0.25, 0.3) is 0 Å². The molecule has 0 unspecified atom stereocenters. The van der Waals surface area contributed by atoms with Crippen molar-refractivity contribution < 1.29 is 31.9 Å². The number of carboxylic acids is 1. The molecule has 0 aliphatic heterocycles. The van der Waals surface area contributed by atoms with E-state index in [9.17, 15) is 32.3 Å². The van der Waals surface area contributed by atoms with Crippen LogP contribution in [0.4, 0.5) is 27.6 Å². The molecule has 0 spiro atoms. The Bertz CT molecular complexity index is 1200. The fourth-order valence-corrected chi connectivity index (χ4v) is 3.17. The summed E-state index contributed by atoms with van der Waals surface area (Å²) in [6.45, 7) is 1.78. The highest BCUT2D eigenvalue weighted by Crippen LogP contribution is 2.30. The maximum absolute atomic E-state index is 15.2. The molecule has 1 heterocycles. The third-order valence-electron chi connectivity index (χ3n) is 4.67. The summed E-state index contributed by atoms with van der Waals surface area (Å²) in [6, 6.07) is 4.75. The Morgan fingerprint density at radius 3 is 2.35 bits per heavy atom. The zero-order valence-corrected chi connectivity index (χ0v) is 16.2. The summed E-state index contributed by atoms with van der Waals surface area (Å²) in [6.07, 6.45) is -3.08. The second-order valence-electron chi connectivity index (χ2n) is 6.87. The third-order valence-corrected chi connectivity index (χ3v) is 4.67. The number of hydrogen-bond acceptors (Lipinski definition) is 3. The Morgan fingerprint density at radius 2 is 1.81 bits per heavy atom. The predicted octanol–water partition coefficient (Wildman–Crippen LogP) is 4.87. The van der Waals surface area contributed by atoms with Crippen molar-refractivity contribution in [1.29, 1.82) is 0 Å². The molecule has 0 saturated heterocycles. The van der Waals surface area contributed by atoms with E-state index in [-0.39, 0.29) is 18.6 Å². The van der Waals surface area contributed by atoms with Gasteiger partial charge >= 0.3 is 12.1 Å². The van der Waals surface area contributed by atoms with Crippen molar-refractivity contribution in [3.63, 3.8) is 0 Å². The second-order valence-corrected chi connectivity index (χ2v) is 6.87. The molecule has 1 aromatic heterocycles. The second kappa shape index (κ2) is 8.37. The Hall–Kier alpha value is -3.43. The molecule has 0 saturated carbocycles. The number of nitrogens with one attached hydrogen (secondary N) is 1. The van der Waals surface area contributed by atoms with E-state index >= 15 is 4.39 Å². The Balaban J connectivity index is 2.22. The van der Waals surface area contributed by atoms with Gasteiger partial charge in [-0.15, -0.1) is 0 Å². The quantitative estimate of drug-likeness (QED) is 0.537. The summed E-state index contributed by atoms with van der Waals surface area (Å²) in [5, 5.41) is 11.4. The minimum Gasteiger partial charge on any atom is -0.477 e. The normalized spacial score (nSPS) is 11.7. The first-order valence-electron chi connectivity index (χ1n) is 9.23. The summed E-state index contributed by atoms with van der Waals surface area (Å²) in [4.78, 5) is 24.0. The predicted molar refractivity (Wildman–Crippen MR) is 104 cm³/mol. The van der Waals surface area contributed by atoms with Gasteiger partial charge in [0.2, 0.25) is 5.43 Å². The lowest BCUT2D eigenvalue weighted by Crippen LogP contribution is -2.21. The zero-order valence-electron chi connectivity index (χ0n) is 16.2. The molecule has 0 fully saturated rings. The van der Waals surface area contributed by atoms with Gasteiger partial charge in [0.1, 0.15) is 17.1 Å². The van der Waals surface area contributed by atoms with Gasteiger partial charge in [-0.2, -0.15) is 13.2 Å². The number of aromatic nitrogens is 1. The van der Waals surface area contributed by atoms with Gasteiger partial charge in [0.15, 0.2) is 5.82 Å². The molecule has 2 aromatic carbocycles. The van der Waals surface area contributed by atoms with Crippen LogP contribution in [0.15, 0.2) is 41.3 Å². The fourth-order valence-electron chi connectivity index (χ4n) is 3.17. The molecule has 31 heavy (non-hydrogen) atoms. The van der Waals surface area contributed by atoms with Crippen LogP contribution in [0.2, 0.25) is 0 Å². The van der Waals surface area contributed by atoms with Crippen molar-refractivity contribution in [1.82, 2.24) is 4.57 Å². The summed E-state index contributed by atoms with van der Waals surface area (Å²) in [5.41, 5.74) is -3.20. The van der Waals surface area contributed by atoms with Crippen molar-refractivity contribution in [3.8, 4) is 0 Å². The van der Waals surface area contributed by atoms with Crippen LogP contribution in [0.3, 0.4) is 0 Å². The Kier molecular flexibility index (Phi) is 6.01. The molecule has 0 aliphatic carbocycles. The zero-order chi connectivity index (χ0) is 22.9. The number of halogens is 5. The van der Waals surface area contributed by atoms with Crippen molar-refractivity contribution in [3.05, 3.63) is 75.1 Å². The van der Waals surface area contributed by atoms with E-state index in [0.29, 0.717) is 12.0 Å². The molecule has 5 nitrogen and oxygen atoms in total. The van der Waals surface area contributed by atoms with Crippen LogP contribution < -0.4 is 10.7 Å². The maximum atomic E-state index is 15.2. The molecule has 10 heteroatoms. The number of carbonyl (C=O) groups is 1. The van der Waals surface area contributed by atoms with Crippen LogP contribution in [0.1, 0.15) is 34.8 Å². The molecule has 3 rings (SSSR count). The summed E-state index contributed by atoms with van der Waals surface area (Å²) >= 11 is 0. The van der Waals surface area contributed by atoms with Gasteiger partial charge in [0.05, 0.1) is 16.5 Å². The molecule has 0 bridgehead atoms. The molecular formula is C21H17F5N2O3. The van der Waals surface area contributed by atoms with Crippen molar-refractivity contribution in [2.24, 2.45) is 0 Å². The summed E-state index contributed by atoms with van der Waals surface area (Å²) in [5.74, 6) is -3.74. The molecule has 3 aromatic rings. The number of pyridine rings is 1. The van der Waals surface area contributed by atoms with Crippen LogP contribution in [0.25, 0.3) is 10.9 Å². The lowest BCUT2D eigenvalue weighted by atomic mass is 10.1. The smallest absolute Gasteiger partial charge is 0.416 e. The Labute approximate surface area is 172 Å². The van der Waals surface area contributed by atoms with Gasteiger partial charge in [0, 0.05) is 19.3 Å². The minimum atomic E-state index is -4.54. The first kappa shape index (κ1) is 22.3. The highest BCUT2D eigenvalue weighted by atomic mass is 19.4. The highest BCUT2D eigenvalue weighted by molar-refractivity contribution is 5.93. The van der Waals surface area contributed by atoms with Crippen LogP contribution in [-0.2, 0) is 12.7 Å². The molecule has 0 amide bonds. The third kappa shape index (κ3) is 4.37. The van der Waals surface area contributed by atoms with Crippen LogP contribution in [0, 0.1) is 11.6 Å². The first-order chi connectivity index (χ1) is 14.5. The molecule has 0 aliphatic rings. The van der Waals surface area contributed by atoms with Gasteiger partial charge in [-0.25, -0.2) is 13.6 Å².